The van der Waals surface area contributed by atoms with Crippen molar-refractivity contribution in [2.45, 2.75) is 38.7 Å². The second-order valence-electron chi connectivity index (χ2n) is 4.02. The zero-order valence-corrected chi connectivity index (χ0v) is 9.77. The van der Waals surface area contributed by atoms with Crippen LogP contribution in [0.1, 0.15) is 27.7 Å². The maximum Gasteiger partial charge on any atom is 0.311 e. The monoisotopic (exact) mass is 205 g/mol. The Kier molecular flexibility index (Phi) is 4.78. The first-order valence-electron chi connectivity index (χ1n) is 4.29. The van der Waals surface area contributed by atoms with Gasteiger partial charge >= 0.3 is 5.97 Å². The molecule has 0 amide bonds. The highest BCUT2D eigenvalue weighted by Gasteiger charge is 2.25. The van der Waals surface area contributed by atoms with Crippen LogP contribution in [0.2, 0.25) is 0 Å². The predicted molar refractivity (Wildman–Crippen MR) is 56.5 cm³/mol. The van der Waals surface area contributed by atoms with Gasteiger partial charge in [-0.05, 0) is 34.0 Å². The molecule has 2 N–H and O–H groups in total. The molecule has 2 atom stereocenters. The number of carbonyl (C=O) groups is 1. The van der Waals surface area contributed by atoms with E-state index < -0.39 is 5.60 Å². The highest BCUT2D eigenvalue weighted by Crippen LogP contribution is 2.17. The van der Waals surface area contributed by atoms with Crippen LogP contribution >= 0.6 is 11.8 Å². The van der Waals surface area contributed by atoms with Crippen LogP contribution in [0.15, 0.2) is 0 Å². The van der Waals surface area contributed by atoms with Crippen LogP contribution in [-0.4, -0.2) is 23.2 Å². The molecule has 0 radical (unpaired) electrons. The van der Waals surface area contributed by atoms with Crippen molar-refractivity contribution in [3.05, 3.63) is 0 Å². The van der Waals surface area contributed by atoms with Crippen molar-refractivity contribution < 1.29 is 9.53 Å². The van der Waals surface area contributed by atoms with Gasteiger partial charge in [0.2, 0.25) is 0 Å². The largest absolute Gasteiger partial charge is 0.460 e. The van der Waals surface area contributed by atoms with Gasteiger partial charge in [-0.25, -0.2) is 0 Å². The summed E-state index contributed by atoms with van der Waals surface area (Å²) in [5, 5.41) is -0.185. The van der Waals surface area contributed by atoms with Gasteiger partial charge in [0.05, 0.1) is 11.3 Å². The summed E-state index contributed by atoms with van der Waals surface area (Å²) in [6, 6.07) is 0. The van der Waals surface area contributed by atoms with E-state index in [-0.39, 0.29) is 17.3 Å². The lowest BCUT2D eigenvalue weighted by Gasteiger charge is -2.24. The Morgan fingerprint density at radius 1 is 1.46 bits per heavy atom. The average Bonchev–Trinajstić information content (AvgIpc) is 1.98. The summed E-state index contributed by atoms with van der Waals surface area (Å²) in [5.74, 6) is -0.483. The summed E-state index contributed by atoms with van der Waals surface area (Å²) in [5.41, 5.74) is 5.27. The van der Waals surface area contributed by atoms with E-state index in [2.05, 4.69) is 0 Å². The number of ether oxygens (including phenoxy) is 1. The Morgan fingerprint density at radius 3 is 2.23 bits per heavy atom. The Balaban J connectivity index is 4.12. The molecule has 0 aromatic heterocycles. The van der Waals surface area contributed by atoms with Gasteiger partial charge in [0.1, 0.15) is 5.60 Å². The second-order valence-corrected chi connectivity index (χ2v) is 5.04. The van der Waals surface area contributed by atoms with Gasteiger partial charge in [0.15, 0.2) is 0 Å². The van der Waals surface area contributed by atoms with Crippen LogP contribution < -0.4 is 5.73 Å². The van der Waals surface area contributed by atoms with Crippen LogP contribution in [0.25, 0.3) is 0 Å². The fourth-order valence-electron chi connectivity index (χ4n) is 0.733. The zero-order chi connectivity index (χ0) is 10.6. The fourth-order valence-corrected chi connectivity index (χ4v) is 1.25. The zero-order valence-electron chi connectivity index (χ0n) is 8.96. The van der Waals surface area contributed by atoms with Crippen molar-refractivity contribution in [2.24, 2.45) is 11.7 Å². The Bertz CT molecular complexity index is 177. The molecular formula is C9H19NO2S. The first kappa shape index (κ1) is 12.8. The summed E-state index contributed by atoms with van der Waals surface area (Å²) >= 11 is 1.46. The van der Waals surface area contributed by atoms with Gasteiger partial charge in [-0.15, -0.1) is 11.8 Å². The standard InChI is InChI=1S/C9H19NO2S/c1-6(7(10)13-5)8(11)12-9(2,3)4/h6-7H,10H2,1-5H3/t6?,7-/m1/s1. The summed E-state index contributed by atoms with van der Waals surface area (Å²) in [4.78, 5) is 11.4. The van der Waals surface area contributed by atoms with Gasteiger partial charge in [-0.1, -0.05) is 0 Å². The molecule has 0 bridgehead atoms. The molecule has 0 saturated carbocycles. The van der Waals surface area contributed by atoms with Crippen molar-refractivity contribution in [3.63, 3.8) is 0 Å². The van der Waals surface area contributed by atoms with Crippen LogP contribution in [-0.2, 0) is 9.53 Å². The molecule has 0 aliphatic heterocycles. The average molecular weight is 205 g/mol. The minimum Gasteiger partial charge on any atom is -0.460 e. The number of hydrogen-bond acceptors (Lipinski definition) is 4. The number of hydrogen-bond donors (Lipinski definition) is 1. The van der Waals surface area contributed by atoms with Crippen LogP contribution in [0.4, 0.5) is 0 Å². The maximum atomic E-state index is 11.4. The van der Waals surface area contributed by atoms with Crippen molar-refractivity contribution in [3.8, 4) is 0 Å². The maximum absolute atomic E-state index is 11.4. The van der Waals surface area contributed by atoms with Crippen molar-refractivity contribution in [2.75, 3.05) is 6.26 Å². The molecule has 0 heterocycles. The van der Waals surface area contributed by atoms with E-state index in [1.54, 1.807) is 6.92 Å². The first-order valence-corrected chi connectivity index (χ1v) is 5.58. The number of nitrogens with two attached hydrogens (primary N) is 1. The van der Waals surface area contributed by atoms with E-state index in [1.165, 1.54) is 11.8 Å². The molecule has 0 saturated heterocycles. The summed E-state index contributed by atoms with van der Waals surface area (Å²) < 4.78 is 5.19. The van der Waals surface area contributed by atoms with Gasteiger partial charge in [-0.3, -0.25) is 4.79 Å². The molecule has 0 aromatic rings. The quantitative estimate of drug-likeness (QED) is 0.562. The SMILES string of the molecule is CS[C@@H](N)C(C)C(=O)OC(C)(C)C. The minimum atomic E-state index is -0.427. The van der Waals surface area contributed by atoms with Crippen LogP contribution in [0.5, 0.6) is 0 Å². The van der Waals surface area contributed by atoms with Crippen LogP contribution in [0.3, 0.4) is 0 Å². The van der Waals surface area contributed by atoms with Crippen LogP contribution in [0, 0.1) is 5.92 Å². The smallest absolute Gasteiger partial charge is 0.311 e. The Hall–Kier alpha value is -0.220. The molecule has 4 heteroatoms. The third kappa shape index (κ3) is 5.16. The third-order valence-corrected chi connectivity index (χ3v) is 2.50. The topological polar surface area (TPSA) is 52.3 Å². The summed E-state index contributed by atoms with van der Waals surface area (Å²) in [6.45, 7) is 7.34. The van der Waals surface area contributed by atoms with E-state index in [4.69, 9.17) is 10.5 Å². The third-order valence-electron chi connectivity index (χ3n) is 1.54. The lowest BCUT2D eigenvalue weighted by atomic mass is 10.1. The van der Waals surface area contributed by atoms with Gasteiger partial charge in [-0.2, -0.15) is 0 Å². The molecule has 0 fully saturated rings. The predicted octanol–water partition coefficient (Wildman–Crippen LogP) is 1.61. The molecule has 1 unspecified atom stereocenters. The molecule has 0 rings (SSSR count). The molecule has 0 spiro atoms. The summed E-state index contributed by atoms with van der Waals surface area (Å²) in [7, 11) is 0. The lowest BCUT2D eigenvalue weighted by molar-refractivity contribution is -0.159. The van der Waals surface area contributed by atoms with E-state index in [9.17, 15) is 4.79 Å². The molecular weight excluding hydrogens is 186 g/mol. The lowest BCUT2D eigenvalue weighted by Crippen LogP contribution is -2.35. The van der Waals surface area contributed by atoms with E-state index >= 15 is 0 Å². The first-order chi connectivity index (χ1) is 5.78. The number of thioether (sulfide) groups is 1. The van der Waals surface area contributed by atoms with E-state index in [1.807, 2.05) is 27.0 Å². The van der Waals surface area contributed by atoms with Gasteiger partial charge < -0.3 is 10.5 Å². The molecule has 3 nitrogen and oxygen atoms in total. The number of esters is 1. The second kappa shape index (κ2) is 4.86. The van der Waals surface area contributed by atoms with E-state index in [0.29, 0.717) is 0 Å². The Morgan fingerprint density at radius 2 is 1.92 bits per heavy atom. The summed E-state index contributed by atoms with van der Waals surface area (Å²) in [6.07, 6.45) is 1.88. The highest BCUT2D eigenvalue weighted by atomic mass is 32.2. The Labute approximate surface area is 84.4 Å². The van der Waals surface area contributed by atoms with Crippen molar-refractivity contribution >= 4 is 17.7 Å². The van der Waals surface area contributed by atoms with Gasteiger partial charge in [0.25, 0.3) is 0 Å². The van der Waals surface area contributed by atoms with Crippen molar-refractivity contribution in [1.82, 2.24) is 0 Å². The molecule has 78 valence electrons. The van der Waals surface area contributed by atoms with E-state index in [0.717, 1.165) is 0 Å². The number of carbonyl (C=O) groups excluding carboxylic acids is 1. The molecule has 0 aliphatic carbocycles. The molecule has 0 aromatic carbocycles. The van der Waals surface area contributed by atoms with Gasteiger partial charge in [0, 0.05) is 0 Å². The molecule has 0 aliphatic rings. The van der Waals surface area contributed by atoms with Crippen molar-refractivity contribution in [1.29, 1.82) is 0 Å². The molecule has 13 heavy (non-hydrogen) atoms. The number of rotatable bonds is 3. The fraction of sp³-hybridized carbons (Fsp3) is 0.889. The normalized spacial score (nSPS) is 16.5. The highest BCUT2D eigenvalue weighted by molar-refractivity contribution is 7.99. The minimum absolute atomic E-state index is 0.185.